The topological polar surface area (TPSA) is 52.0 Å². The largest absolute Gasteiger partial charge is 0.300 e. The van der Waals surface area contributed by atoms with Crippen molar-refractivity contribution < 1.29 is 0 Å². The van der Waals surface area contributed by atoms with Crippen molar-refractivity contribution in [2.24, 2.45) is 5.11 Å². The fourth-order valence-corrected chi connectivity index (χ4v) is 1.67. The molecule has 1 rings (SSSR count). The molecule has 0 radical (unpaired) electrons. The molecule has 0 heterocycles. The molecule has 0 saturated heterocycles. The zero-order chi connectivity index (χ0) is 10.2. The van der Waals surface area contributed by atoms with Gasteiger partial charge in [0.25, 0.3) is 0 Å². The van der Waals surface area contributed by atoms with Gasteiger partial charge in [0, 0.05) is 17.5 Å². The Balaban J connectivity index is 2.11. The van der Waals surface area contributed by atoms with Crippen LogP contribution in [0.25, 0.3) is 10.4 Å². The van der Waals surface area contributed by atoms with Crippen LogP contribution in [0.2, 0.25) is 0 Å². The molecule has 80 valence electrons. The van der Waals surface area contributed by atoms with Crippen molar-refractivity contribution in [1.82, 2.24) is 4.90 Å². The molecular weight excluding hydrogens is 176 g/mol. The summed E-state index contributed by atoms with van der Waals surface area (Å²) in [5, 5.41) is 3.56. The van der Waals surface area contributed by atoms with Gasteiger partial charge in [-0.1, -0.05) is 18.5 Å². The molecule has 0 aliphatic heterocycles. The third-order valence-corrected chi connectivity index (χ3v) is 2.63. The van der Waals surface area contributed by atoms with E-state index in [1.54, 1.807) is 0 Å². The fourth-order valence-electron chi connectivity index (χ4n) is 1.67. The van der Waals surface area contributed by atoms with Crippen LogP contribution in [0.5, 0.6) is 0 Å². The summed E-state index contributed by atoms with van der Waals surface area (Å²) in [6.45, 7) is 5.19. The molecule has 14 heavy (non-hydrogen) atoms. The van der Waals surface area contributed by atoms with Crippen molar-refractivity contribution in [3.8, 4) is 0 Å². The van der Waals surface area contributed by atoms with E-state index in [-0.39, 0.29) is 0 Å². The molecule has 0 N–H and O–H groups in total. The van der Waals surface area contributed by atoms with Crippen LogP contribution in [0.1, 0.15) is 39.0 Å². The third-order valence-electron chi connectivity index (χ3n) is 2.63. The first-order valence-corrected chi connectivity index (χ1v) is 5.63. The summed E-state index contributed by atoms with van der Waals surface area (Å²) in [5.41, 5.74) is 8.14. The van der Waals surface area contributed by atoms with E-state index < -0.39 is 0 Å². The average molecular weight is 196 g/mol. The van der Waals surface area contributed by atoms with E-state index in [0.29, 0.717) is 6.54 Å². The Morgan fingerprint density at radius 2 is 2.07 bits per heavy atom. The second kappa shape index (κ2) is 6.68. The highest BCUT2D eigenvalue weighted by molar-refractivity contribution is 4.84. The molecule has 4 nitrogen and oxygen atoms in total. The van der Waals surface area contributed by atoms with Crippen molar-refractivity contribution in [3.05, 3.63) is 10.4 Å². The van der Waals surface area contributed by atoms with Gasteiger partial charge >= 0.3 is 0 Å². The first kappa shape index (κ1) is 11.3. The molecule has 0 unspecified atom stereocenters. The van der Waals surface area contributed by atoms with Gasteiger partial charge in [-0.15, -0.1) is 0 Å². The molecule has 0 bridgehead atoms. The number of nitrogens with zero attached hydrogens (tertiary/aromatic N) is 4. The molecule has 1 aliphatic carbocycles. The minimum atomic E-state index is 0.645. The van der Waals surface area contributed by atoms with E-state index >= 15 is 0 Å². The molecule has 1 aliphatic rings. The number of hydrogen-bond acceptors (Lipinski definition) is 2. The lowest BCUT2D eigenvalue weighted by Gasteiger charge is -2.20. The van der Waals surface area contributed by atoms with Crippen molar-refractivity contribution in [1.29, 1.82) is 0 Å². The maximum Gasteiger partial charge on any atom is 0.0270 e. The van der Waals surface area contributed by atoms with E-state index in [4.69, 9.17) is 5.53 Å². The molecule has 0 aromatic carbocycles. The molecule has 1 fully saturated rings. The molecule has 0 amide bonds. The lowest BCUT2D eigenvalue weighted by Crippen LogP contribution is -2.28. The number of azide groups is 1. The van der Waals surface area contributed by atoms with Gasteiger partial charge in [0.1, 0.15) is 0 Å². The van der Waals surface area contributed by atoms with Gasteiger partial charge in [-0.2, -0.15) is 0 Å². The number of rotatable bonds is 8. The monoisotopic (exact) mass is 196 g/mol. The SMILES string of the molecule is CCCCN(CCCN=[N+]=[N-])C1CC1. The lowest BCUT2D eigenvalue weighted by atomic mass is 10.3. The minimum Gasteiger partial charge on any atom is -0.300 e. The first-order valence-electron chi connectivity index (χ1n) is 5.63. The molecule has 1 saturated carbocycles. The van der Waals surface area contributed by atoms with Crippen molar-refractivity contribution in [3.63, 3.8) is 0 Å². The molecular formula is C10H20N4. The highest BCUT2D eigenvalue weighted by Gasteiger charge is 2.27. The quantitative estimate of drug-likeness (QED) is 0.255. The summed E-state index contributed by atoms with van der Waals surface area (Å²) >= 11 is 0. The van der Waals surface area contributed by atoms with Gasteiger partial charge in [-0.25, -0.2) is 0 Å². The van der Waals surface area contributed by atoms with Crippen LogP contribution < -0.4 is 0 Å². The van der Waals surface area contributed by atoms with E-state index in [0.717, 1.165) is 19.0 Å². The average Bonchev–Trinajstić information content (AvgIpc) is 3.00. The summed E-state index contributed by atoms with van der Waals surface area (Å²) in [5.74, 6) is 0. The van der Waals surface area contributed by atoms with E-state index in [9.17, 15) is 0 Å². The van der Waals surface area contributed by atoms with Crippen LogP contribution in [0.3, 0.4) is 0 Å². The summed E-state index contributed by atoms with van der Waals surface area (Å²) in [6, 6.07) is 0.840. The van der Waals surface area contributed by atoms with Crippen LogP contribution in [0.4, 0.5) is 0 Å². The van der Waals surface area contributed by atoms with Crippen LogP contribution in [0.15, 0.2) is 5.11 Å². The molecule has 0 spiro atoms. The molecule has 0 atom stereocenters. The van der Waals surface area contributed by atoms with E-state index in [1.165, 1.54) is 32.2 Å². The predicted octanol–water partition coefficient (Wildman–Crippen LogP) is 2.95. The highest BCUT2D eigenvalue weighted by Crippen LogP contribution is 2.27. The Morgan fingerprint density at radius 3 is 2.64 bits per heavy atom. The number of unbranched alkanes of at least 4 members (excludes halogenated alkanes) is 1. The smallest absolute Gasteiger partial charge is 0.0270 e. The second-order valence-electron chi connectivity index (χ2n) is 3.93. The van der Waals surface area contributed by atoms with Crippen molar-refractivity contribution >= 4 is 0 Å². The minimum absolute atomic E-state index is 0.645. The Morgan fingerprint density at radius 1 is 1.36 bits per heavy atom. The van der Waals surface area contributed by atoms with Crippen molar-refractivity contribution in [2.75, 3.05) is 19.6 Å². The van der Waals surface area contributed by atoms with E-state index in [2.05, 4.69) is 21.8 Å². The maximum atomic E-state index is 8.14. The van der Waals surface area contributed by atoms with Crippen LogP contribution in [-0.4, -0.2) is 30.6 Å². The fraction of sp³-hybridized carbons (Fsp3) is 1.00. The summed E-state index contributed by atoms with van der Waals surface area (Å²) < 4.78 is 0. The Bertz CT molecular complexity index is 194. The van der Waals surface area contributed by atoms with Gasteiger partial charge in [-0.05, 0) is 44.3 Å². The van der Waals surface area contributed by atoms with Crippen LogP contribution in [0, 0.1) is 0 Å². The predicted molar refractivity (Wildman–Crippen MR) is 58.1 cm³/mol. The third kappa shape index (κ3) is 4.49. The maximum absolute atomic E-state index is 8.14. The Hall–Kier alpha value is -0.730. The van der Waals surface area contributed by atoms with Gasteiger partial charge in [-0.3, -0.25) is 0 Å². The van der Waals surface area contributed by atoms with Gasteiger partial charge in [0.15, 0.2) is 0 Å². The zero-order valence-electron chi connectivity index (χ0n) is 9.02. The number of hydrogen-bond donors (Lipinski definition) is 0. The molecule has 0 aromatic heterocycles. The summed E-state index contributed by atoms with van der Waals surface area (Å²) in [4.78, 5) is 5.31. The highest BCUT2D eigenvalue weighted by atomic mass is 15.2. The zero-order valence-corrected chi connectivity index (χ0v) is 9.02. The molecule has 4 heteroatoms. The normalized spacial score (nSPS) is 15.6. The van der Waals surface area contributed by atoms with Gasteiger partial charge in [0.2, 0.25) is 0 Å². The summed E-state index contributed by atoms with van der Waals surface area (Å²) in [7, 11) is 0. The standard InChI is InChI=1S/C10H20N4/c1-2-3-8-14(10-5-6-10)9-4-7-12-13-11/h10H,2-9H2,1H3. The van der Waals surface area contributed by atoms with Gasteiger partial charge in [0.05, 0.1) is 0 Å². The van der Waals surface area contributed by atoms with Crippen molar-refractivity contribution in [2.45, 2.75) is 45.1 Å². The van der Waals surface area contributed by atoms with E-state index in [1.807, 2.05) is 0 Å². The molecule has 0 aromatic rings. The Kier molecular flexibility index (Phi) is 5.42. The Labute approximate surface area is 85.9 Å². The first-order chi connectivity index (χ1) is 6.88. The summed E-state index contributed by atoms with van der Waals surface area (Å²) in [6.07, 6.45) is 6.29. The second-order valence-corrected chi connectivity index (χ2v) is 3.93. The van der Waals surface area contributed by atoms with Crippen LogP contribution >= 0.6 is 0 Å². The van der Waals surface area contributed by atoms with Gasteiger partial charge < -0.3 is 4.90 Å². The van der Waals surface area contributed by atoms with Crippen LogP contribution in [-0.2, 0) is 0 Å². The lowest BCUT2D eigenvalue weighted by molar-refractivity contribution is 0.257.